The fourth-order valence-corrected chi connectivity index (χ4v) is 2.83. The minimum atomic E-state index is -4.20. The molecule has 0 aromatic rings. The van der Waals surface area contributed by atoms with Crippen LogP contribution in [-0.4, -0.2) is 29.4 Å². The Morgan fingerprint density at radius 3 is 1.77 bits per heavy atom. The third-order valence-electron chi connectivity index (χ3n) is 4.04. The maximum absolute atomic E-state index is 10.7. The maximum atomic E-state index is 10.7. The van der Waals surface area contributed by atoms with Gasteiger partial charge >= 0.3 is 51.4 Å². The molecule has 0 aliphatic carbocycles. The van der Waals surface area contributed by atoms with E-state index in [9.17, 15) is 18.1 Å². The standard InChI is InChI=1S/C16H34O4S.K/c1-3-4-5-6-7-8-9-10-11-12-16(17)14-13-15(2)21(18,19)20;/h15-17H,3-14H2,1-2H3,(H,18,19,20);/q;+1/p-1. The minimum absolute atomic E-state index is 0. The van der Waals surface area contributed by atoms with Crippen molar-refractivity contribution in [3.05, 3.63) is 0 Å². The van der Waals surface area contributed by atoms with Crippen molar-refractivity contribution in [2.24, 2.45) is 0 Å². The first-order chi connectivity index (χ1) is 9.88. The number of aliphatic hydroxyl groups excluding tert-OH is 1. The van der Waals surface area contributed by atoms with E-state index in [-0.39, 0.29) is 57.8 Å². The van der Waals surface area contributed by atoms with Crippen LogP contribution in [0.3, 0.4) is 0 Å². The van der Waals surface area contributed by atoms with Crippen LogP contribution in [0.5, 0.6) is 0 Å². The van der Waals surface area contributed by atoms with Crippen LogP contribution in [0.25, 0.3) is 0 Å². The second-order valence-corrected chi connectivity index (χ2v) is 7.94. The zero-order valence-electron chi connectivity index (χ0n) is 14.7. The van der Waals surface area contributed by atoms with Crippen LogP contribution in [0.2, 0.25) is 0 Å². The number of unbranched alkanes of at least 4 members (excludes halogenated alkanes) is 8. The monoisotopic (exact) mass is 360 g/mol. The third kappa shape index (κ3) is 16.4. The summed E-state index contributed by atoms with van der Waals surface area (Å²) >= 11 is 0. The Balaban J connectivity index is 0. The fraction of sp³-hybridized carbons (Fsp3) is 1.00. The summed E-state index contributed by atoms with van der Waals surface area (Å²) in [6, 6.07) is 0. The summed E-state index contributed by atoms with van der Waals surface area (Å²) in [6.45, 7) is 3.63. The predicted octanol–water partition coefficient (Wildman–Crippen LogP) is 0.986. The van der Waals surface area contributed by atoms with Gasteiger partial charge in [-0.15, -0.1) is 0 Å². The largest absolute Gasteiger partial charge is 1.00 e. The quantitative estimate of drug-likeness (QED) is 0.285. The molecular formula is C16H33KO4S. The smallest absolute Gasteiger partial charge is 0.748 e. The maximum Gasteiger partial charge on any atom is 1.00 e. The number of hydrogen-bond acceptors (Lipinski definition) is 4. The van der Waals surface area contributed by atoms with Gasteiger partial charge in [-0.25, -0.2) is 8.42 Å². The Morgan fingerprint density at radius 1 is 0.864 bits per heavy atom. The zero-order valence-corrected chi connectivity index (χ0v) is 18.7. The molecule has 0 radical (unpaired) electrons. The van der Waals surface area contributed by atoms with Gasteiger partial charge in [0.05, 0.1) is 16.2 Å². The summed E-state index contributed by atoms with van der Waals surface area (Å²) in [5.41, 5.74) is 0. The van der Waals surface area contributed by atoms with Crippen LogP contribution in [-0.2, 0) is 10.1 Å². The molecular weight excluding hydrogens is 327 g/mol. The molecule has 0 aliphatic rings. The molecule has 0 saturated carbocycles. The van der Waals surface area contributed by atoms with E-state index in [1.807, 2.05) is 0 Å². The Bertz CT molecular complexity index is 333. The van der Waals surface area contributed by atoms with Crippen LogP contribution in [0.4, 0.5) is 0 Å². The van der Waals surface area contributed by atoms with E-state index < -0.39 is 21.5 Å². The molecule has 2 unspecified atom stereocenters. The van der Waals surface area contributed by atoms with Gasteiger partial charge in [0, 0.05) is 5.25 Å². The summed E-state index contributed by atoms with van der Waals surface area (Å²) < 4.78 is 32.2. The molecule has 0 amide bonds. The molecule has 0 rings (SSSR count). The van der Waals surface area contributed by atoms with Gasteiger partial charge in [0.15, 0.2) is 0 Å². The SMILES string of the molecule is CCCCCCCCCCCC(O)CCC(C)S(=O)(=O)[O-].[K+]. The first kappa shape index (κ1) is 25.7. The van der Waals surface area contributed by atoms with Crippen molar-refractivity contribution in [1.82, 2.24) is 0 Å². The van der Waals surface area contributed by atoms with Gasteiger partial charge in [-0.1, -0.05) is 64.7 Å². The van der Waals surface area contributed by atoms with Crippen molar-refractivity contribution in [1.29, 1.82) is 0 Å². The molecule has 0 spiro atoms. The Morgan fingerprint density at radius 2 is 1.32 bits per heavy atom. The Labute approximate surface area is 180 Å². The van der Waals surface area contributed by atoms with Crippen LogP contribution >= 0.6 is 0 Å². The normalized spacial score (nSPS) is 14.4. The molecule has 0 saturated heterocycles. The van der Waals surface area contributed by atoms with Gasteiger partial charge in [0.25, 0.3) is 0 Å². The molecule has 4 nitrogen and oxygen atoms in total. The van der Waals surface area contributed by atoms with Gasteiger partial charge in [-0.2, -0.15) is 0 Å². The molecule has 1 N–H and O–H groups in total. The average molecular weight is 361 g/mol. The van der Waals surface area contributed by atoms with Crippen LogP contribution in [0.15, 0.2) is 0 Å². The van der Waals surface area contributed by atoms with Crippen molar-refractivity contribution >= 4 is 10.1 Å². The molecule has 22 heavy (non-hydrogen) atoms. The van der Waals surface area contributed by atoms with E-state index in [4.69, 9.17) is 0 Å². The van der Waals surface area contributed by atoms with Crippen LogP contribution < -0.4 is 51.4 Å². The molecule has 6 heteroatoms. The van der Waals surface area contributed by atoms with Crippen molar-refractivity contribution in [2.45, 2.75) is 102 Å². The Kier molecular flexibility index (Phi) is 18.7. The molecule has 0 aromatic heterocycles. The first-order valence-electron chi connectivity index (χ1n) is 8.50. The zero-order chi connectivity index (χ0) is 16.1. The first-order valence-corrected chi connectivity index (χ1v) is 9.97. The molecule has 0 aromatic carbocycles. The fourth-order valence-electron chi connectivity index (χ4n) is 2.41. The van der Waals surface area contributed by atoms with Gasteiger partial charge < -0.3 is 9.66 Å². The molecule has 2 atom stereocenters. The summed E-state index contributed by atoms with van der Waals surface area (Å²) in [4.78, 5) is 0. The second kappa shape index (κ2) is 16.0. The van der Waals surface area contributed by atoms with E-state index in [0.29, 0.717) is 12.8 Å². The van der Waals surface area contributed by atoms with E-state index in [2.05, 4.69) is 6.92 Å². The van der Waals surface area contributed by atoms with Crippen molar-refractivity contribution in [3.8, 4) is 0 Å². The second-order valence-electron chi connectivity index (χ2n) is 6.15. The van der Waals surface area contributed by atoms with Gasteiger partial charge in [-0.05, 0) is 26.2 Å². The van der Waals surface area contributed by atoms with Crippen molar-refractivity contribution in [3.63, 3.8) is 0 Å². The van der Waals surface area contributed by atoms with Gasteiger partial charge in [0.2, 0.25) is 0 Å². The Hall–Kier alpha value is 1.51. The summed E-state index contributed by atoms with van der Waals surface area (Å²) in [5.74, 6) is 0. The van der Waals surface area contributed by atoms with Crippen LogP contribution in [0.1, 0.15) is 90.9 Å². The van der Waals surface area contributed by atoms with E-state index in [1.165, 1.54) is 51.9 Å². The average Bonchev–Trinajstić information content (AvgIpc) is 2.41. The molecule has 128 valence electrons. The molecule has 0 heterocycles. The summed E-state index contributed by atoms with van der Waals surface area (Å²) in [5, 5.41) is 8.87. The number of rotatable bonds is 14. The minimum Gasteiger partial charge on any atom is -0.748 e. The number of hydrogen-bond donors (Lipinski definition) is 1. The molecule has 0 bridgehead atoms. The summed E-state index contributed by atoms with van der Waals surface area (Å²) in [6.07, 6.45) is 12.1. The van der Waals surface area contributed by atoms with E-state index >= 15 is 0 Å². The topological polar surface area (TPSA) is 77.4 Å². The van der Waals surface area contributed by atoms with E-state index in [0.717, 1.165) is 12.8 Å². The third-order valence-corrected chi connectivity index (χ3v) is 5.26. The number of aliphatic hydroxyl groups is 1. The van der Waals surface area contributed by atoms with Crippen LogP contribution in [0, 0.1) is 0 Å². The molecule has 0 fully saturated rings. The predicted molar refractivity (Wildman–Crippen MR) is 86.2 cm³/mol. The summed E-state index contributed by atoms with van der Waals surface area (Å²) in [7, 11) is -4.20. The van der Waals surface area contributed by atoms with Gasteiger partial charge in [-0.3, -0.25) is 0 Å². The van der Waals surface area contributed by atoms with E-state index in [1.54, 1.807) is 0 Å². The van der Waals surface area contributed by atoms with Crippen molar-refractivity contribution < 1.29 is 69.5 Å². The van der Waals surface area contributed by atoms with Crippen molar-refractivity contribution in [2.75, 3.05) is 0 Å². The van der Waals surface area contributed by atoms with Gasteiger partial charge in [0.1, 0.15) is 0 Å². The molecule has 0 aliphatic heterocycles.